The molecule has 2 rings (SSSR count). The molecule has 23 heavy (non-hydrogen) atoms. The lowest BCUT2D eigenvalue weighted by Gasteiger charge is -2.39. The predicted octanol–water partition coefficient (Wildman–Crippen LogP) is 6.40. The highest BCUT2D eigenvalue weighted by Gasteiger charge is 2.38. The molecule has 2 fully saturated rings. The lowest BCUT2D eigenvalue weighted by Crippen LogP contribution is -2.38. The fourth-order valence-electron chi connectivity index (χ4n) is 4.62. The molecule has 2 aliphatic rings. The van der Waals surface area contributed by atoms with Crippen molar-refractivity contribution >= 4 is 0 Å². The number of ether oxygens (including phenoxy) is 1. The molecule has 0 aliphatic heterocycles. The summed E-state index contributed by atoms with van der Waals surface area (Å²) in [4.78, 5) is 0. The minimum atomic E-state index is -0.450. The highest BCUT2D eigenvalue weighted by molar-refractivity contribution is 5.05. The van der Waals surface area contributed by atoms with Crippen LogP contribution in [0.25, 0.3) is 0 Å². The van der Waals surface area contributed by atoms with E-state index in [1.165, 1.54) is 77.0 Å². The Kier molecular flexibility index (Phi) is 8.45. The summed E-state index contributed by atoms with van der Waals surface area (Å²) in [7, 11) is 0. The minimum absolute atomic E-state index is 0.450. The van der Waals surface area contributed by atoms with Crippen molar-refractivity contribution in [2.45, 2.75) is 109 Å². The van der Waals surface area contributed by atoms with E-state index in [-0.39, 0.29) is 0 Å². The molecule has 2 heteroatoms. The van der Waals surface area contributed by atoms with Gasteiger partial charge in [-0.2, -0.15) is 5.26 Å². The molecule has 2 aliphatic carbocycles. The first-order valence-electron chi connectivity index (χ1n) is 10.3. The zero-order chi connectivity index (χ0) is 16.4. The van der Waals surface area contributed by atoms with Crippen LogP contribution in [0.5, 0.6) is 0 Å². The molecule has 0 bridgehead atoms. The Labute approximate surface area is 144 Å². The summed E-state index contributed by atoms with van der Waals surface area (Å²) in [6.45, 7) is 3.04. The Morgan fingerprint density at radius 1 is 0.870 bits per heavy atom. The van der Waals surface area contributed by atoms with E-state index in [2.05, 4.69) is 13.0 Å². The van der Waals surface area contributed by atoms with Gasteiger partial charge in [-0.05, 0) is 43.9 Å². The van der Waals surface area contributed by atoms with Crippen molar-refractivity contribution in [3.63, 3.8) is 0 Å². The smallest absolute Gasteiger partial charge is 0.154 e. The van der Waals surface area contributed by atoms with E-state index in [9.17, 15) is 5.26 Å². The van der Waals surface area contributed by atoms with E-state index in [1.807, 2.05) is 0 Å². The molecule has 0 aromatic rings. The summed E-state index contributed by atoms with van der Waals surface area (Å²) >= 11 is 0. The topological polar surface area (TPSA) is 33.0 Å². The average molecular weight is 320 g/mol. The molecule has 132 valence electrons. The Morgan fingerprint density at radius 3 is 2.13 bits per heavy atom. The monoisotopic (exact) mass is 319 g/mol. The maximum atomic E-state index is 9.64. The van der Waals surface area contributed by atoms with Crippen molar-refractivity contribution < 1.29 is 4.74 Å². The number of rotatable bonds is 9. The van der Waals surface area contributed by atoms with Gasteiger partial charge in [-0.15, -0.1) is 0 Å². The number of hydrogen-bond acceptors (Lipinski definition) is 2. The van der Waals surface area contributed by atoms with Gasteiger partial charge < -0.3 is 4.74 Å². The number of hydrogen-bond donors (Lipinski definition) is 0. The van der Waals surface area contributed by atoms with Gasteiger partial charge in [-0.3, -0.25) is 0 Å². The van der Waals surface area contributed by atoms with Crippen molar-refractivity contribution in [2.75, 3.05) is 6.61 Å². The van der Waals surface area contributed by atoms with Gasteiger partial charge in [-0.1, -0.05) is 71.1 Å². The molecule has 0 atom stereocenters. The molecule has 0 amide bonds. The molecule has 2 saturated carbocycles. The van der Waals surface area contributed by atoms with Gasteiger partial charge in [0.15, 0.2) is 5.60 Å². The molecule has 0 radical (unpaired) electrons. The maximum absolute atomic E-state index is 9.64. The number of nitrogens with zero attached hydrogens (tertiary/aromatic N) is 1. The summed E-state index contributed by atoms with van der Waals surface area (Å²) < 4.78 is 6.10. The van der Waals surface area contributed by atoms with Gasteiger partial charge in [0.1, 0.15) is 0 Å². The number of nitriles is 1. The van der Waals surface area contributed by atoms with Gasteiger partial charge in [-0.25, -0.2) is 0 Å². The SMILES string of the molecule is CCCCCCCCO[C@]1(C#N)CC[C@@H](C2CCCCC2)CC1. The van der Waals surface area contributed by atoms with Crippen LogP contribution in [-0.4, -0.2) is 12.2 Å². The Balaban J connectivity index is 1.64. The van der Waals surface area contributed by atoms with Crippen LogP contribution >= 0.6 is 0 Å². The zero-order valence-corrected chi connectivity index (χ0v) is 15.3. The van der Waals surface area contributed by atoms with Crippen LogP contribution in [0.15, 0.2) is 0 Å². The van der Waals surface area contributed by atoms with Crippen molar-refractivity contribution in [3.05, 3.63) is 0 Å². The van der Waals surface area contributed by atoms with Gasteiger partial charge >= 0.3 is 0 Å². The first kappa shape index (κ1) is 18.8. The van der Waals surface area contributed by atoms with E-state index < -0.39 is 5.60 Å². The lowest BCUT2D eigenvalue weighted by atomic mass is 9.70. The third kappa shape index (κ3) is 6.11. The number of unbranched alkanes of at least 4 members (excludes halogenated alkanes) is 5. The average Bonchev–Trinajstić information content (AvgIpc) is 2.62. The quantitative estimate of drug-likeness (QED) is 0.461. The van der Waals surface area contributed by atoms with Crippen molar-refractivity contribution in [3.8, 4) is 6.07 Å². The first-order valence-corrected chi connectivity index (χ1v) is 10.3. The normalized spacial score (nSPS) is 29.3. The molecule has 0 aromatic heterocycles. The van der Waals surface area contributed by atoms with E-state index in [1.54, 1.807) is 0 Å². The van der Waals surface area contributed by atoms with Crippen LogP contribution in [0.2, 0.25) is 0 Å². The summed E-state index contributed by atoms with van der Waals surface area (Å²) in [6, 6.07) is 2.53. The Morgan fingerprint density at radius 2 is 1.48 bits per heavy atom. The minimum Gasteiger partial charge on any atom is -0.360 e. The molecule has 2 nitrogen and oxygen atoms in total. The molecule has 0 aromatic carbocycles. The second-order valence-corrected chi connectivity index (χ2v) is 7.96. The van der Waals surface area contributed by atoms with Crippen molar-refractivity contribution in [1.82, 2.24) is 0 Å². The van der Waals surface area contributed by atoms with Crippen molar-refractivity contribution in [1.29, 1.82) is 5.26 Å². The summed E-state index contributed by atoms with van der Waals surface area (Å²) in [6.07, 6.45) is 19.2. The molecular formula is C21H37NO. The van der Waals surface area contributed by atoms with Gasteiger partial charge in [0, 0.05) is 6.61 Å². The van der Waals surface area contributed by atoms with Crippen LogP contribution in [0.3, 0.4) is 0 Å². The third-order valence-electron chi connectivity index (χ3n) is 6.23. The summed E-state index contributed by atoms with van der Waals surface area (Å²) in [5, 5.41) is 9.64. The molecule has 0 saturated heterocycles. The standard InChI is InChI=1S/C21H37NO/c1-2-3-4-5-6-10-17-23-21(18-22)15-13-20(14-16-21)19-11-8-7-9-12-19/h19-20H,2-17H2,1H3/t20-,21-. The largest absolute Gasteiger partial charge is 0.360 e. The van der Waals surface area contributed by atoms with Gasteiger partial charge in [0.25, 0.3) is 0 Å². The van der Waals surface area contributed by atoms with Crippen molar-refractivity contribution in [2.24, 2.45) is 11.8 Å². The van der Waals surface area contributed by atoms with Gasteiger partial charge in [0.2, 0.25) is 0 Å². The van der Waals surface area contributed by atoms with Crippen LogP contribution < -0.4 is 0 Å². The van der Waals surface area contributed by atoms with Crippen LogP contribution in [-0.2, 0) is 4.74 Å². The fraction of sp³-hybridized carbons (Fsp3) is 0.952. The molecule has 0 heterocycles. The maximum Gasteiger partial charge on any atom is 0.154 e. The van der Waals surface area contributed by atoms with E-state index in [4.69, 9.17) is 4.74 Å². The van der Waals surface area contributed by atoms with Crippen LogP contribution in [0.4, 0.5) is 0 Å². The summed E-state index contributed by atoms with van der Waals surface area (Å²) in [5.41, 5.74) is -0.450. The van der Waals surface area contributed by atoms with E-state index >= 15 is 0 Å². The Bertz CT molecular complexity index is 345. The Hall–Kier alpha value is -0.550. The second-order valence-electron chi connectivity index (χ2n) is 7.96. The first-order chi connectivity index (χ1) is 11.3. The molecule has 0 N–H and O–H groups in total. The highest BCUT2D eigenvalue weighted by Crippen LogP contribution is 2.42. The summed E-state index contributed by atoms with van der Waals surface area (Å²) in [5.74, 6) is 1.81. The van der Waals surface area contributed by atoms with Gasteiger partial charge in [0.05, 0.1) is 6.07 Å². The van der Waals surface area contributed by atoms with Crippen LogP contribution in [0, 0.1) is 23.2 Å². The highest BCUT2D eigenvalue weighted by atomic mass is 16.5. The lowest BCUT2D eigenvalue weighted by molar-refractivity contribution is -0.0448. The van der Waals surface area contributed by atoms with E-state index in [0.717, 1.165) is 37.7 Å². The predicted molar refractivity (Wildman–Crippen MR) is 96.2 cm³/mol. The van der Waals surface area contributed by atoms with Crippen LogP contribution in [0.1, 0.15) is 103 Å². The zero-order valence-electron chi connectivity index (χ0n) is 15.3. The second kappa shape index (κ2) is 10.3. The molecular weight excluding hydrogens is 282 g/mol. The van der Waals surface area contributed by atoms with E-state index in [0.29, 0.717) is 0 Å². The molecule has 0 unspecified atom stereocenters. The molecule has 0 spiro atoms. The fourth-order valence-corrected chi connectivity index (χ4v) is 4.62. The third-order valence-corrected chi connectivity index (χ3v) is 6.23.